The van der Waals surface area contributed by atoms with Crippen LogP contribution in [0, 0.1) is 0 Å². The minimum Gasteiger partial charge on any atom is -0.335 e. The van der Waals surface area contributed by atoms with Crippen LogP contribution in [0.2, 0.25) is 0 Å². The summed E-state index contributed by atoms with van der Waals surface area (Å²) >= 11 is 0. The topological polar surface area (TPSA) is 112 Å². The van der Waals surface area contributed by atoms with Crippen LogP contribution in [0.1, 0.15) is 26.3 Å². The highest BCUT2D eigenvalue weighted by Gasteiger charge is 2.44. The number of aromatic nitrogens is 3. The molecule has 0 atom stereocenters. The first kappa shape index (κ1) is 29.5. The number of benzene rings is 2. The summed E-state index contributed by atoms with van der Waals surface area (Å²) in [6.45, 7) is 6.95. The first-order valence-electron chi connectivity index (χ1n) is 13.5. The highest BCUT2D eigenvalue weighted by atomic mass is 32.2. The lowest BCUT2D eigenvalue weighted by atomic mass is 10.1. The number of anilines is 2. The van der Waals surface area contributed by atoms with Crippen LogP contribution in [0.5, 0.6) is 0 Å². The second kappa shape index (κ2) is 11.0. The van der Waals surface area contributed by atoms with Crippen LogP contribution in [-0.2, 0) is 20.7 Å². The van der Waals surface area contributed by atoms with Crippen molar-refractivity contribution in [3.63, 3.8) is 0 Å². The maximum absolute atomic E-state index is 15.0. The van der Waals surface area contributed by atoms with Crippen LogP contribution in [0.25, 0.3) is 16.8 Å². The van der Waals surface area contributed by atoms with Crippen molar-refractivity contribution in [3.05, 3.63) is 72.4 Å². The monoisotopic (exact) mass is 597 g/mol. The molecule has 1 saturated heterocycles. The van der Waals surface area contributed by atoms with Gasteiger partial charge in [-0.1, -0.05) is 24.3 Å². The molecule has 0 saturated carbocycles. The Morgan fingerprint density at radius 2 is 1.64 bits per heavy atom. The molecular weight excluding hydrogens is 564 g/mol. The molecule has 0 spiro atoms. The number of amides is 1. The number of piperazine rings is 1. The van der Waals surface area contributed by atoms with Crippen LogP contribution in [0.3, 0.4) is 0 Å². The number of hydrogen-bond acceptors (Lipinski definition) is 7. The van der Waals surface area contributed by atoms with E-state index in [2.05, 4.69) is 20.1 Å². The molecule has 4 aromatic rings. The SMILES string of the molecule is CN1CCN(C(=O)C(F)(F)c2ccc(Nc3ncc4ccc(-c5cccc(S(=O)(=O)NC(C)(C)C)c5)n4n3)cc2)CC1. The predicted molar refractivity (Wildman–Crippen MR) is 156 cm³/mol. The van der Waals surface area contributed by atoms with E-state index < -0.39 is 33.0 Å². The van der Waals surface area contributed by atoms with Crippen molar-refractivity contribution in [1.29, 1.82) is 0 Å². The Labute approximate surface area is 243 Å². The molecule has 0 aliphatic carbocycles. The van der Waals surface area contributed by atoms with Crippen molar-refractivity contribution in [1.82, 2.24) is 29.1 Å². The molecule has 222 valence electrons. The molecule has 0 radical (unpaired) electrons. The lowest BCUT2D eigenvalue weighted by molar-refractivity contribution is -0.160. The lowest BCUT2D eigenvalue weighted by Gasteiger charge is -2.34. The van der Waals surface area contributed by atoms with Crippen molar-refractivity contribution in [2.45, 2.75) is 37.1 Å². The molecule has 3 heterocycles. The van der Waals surface area contributed by atoms with Crippen molar-refractivity contribution in [2.24, 2.45) is 0 Å². The molecule has 0 unspecified atom stereocenters. The van der Waals surface area contributed by atoms with Gasteiger partial charge in [-0.2, -0.15) is 8.78 Å². The van der Waals surface area contributed by atoms with Crippen LogP contribution in [0.15, 0.2) is 71.8 Å². The van der Waals surface area contributed by atoms with Gasteiger partial charge in [-0.25, -0.2) is 22.6 Å². The highest BCUT2D eigenvalue weighted by Crippen LogP contribution is 2.32. The number of nitrogens with one attached hydrogen (secondary N) is 2. The summed E-state index contributed by atoms with van der Waals surface area (Å²) < 4.78 is 60.1. The van der Waals surface area contributed by atoms with Gasteiger partial charge >= 0.3 is 5.92 Å². The van der Waals surface area contributed by atoms with Gasteiger partial charge in [0.1, 0.15) is 0 Å². The standard InChI is InChI=1S/C29H33F2N7O3S/c1-28(2,3)35-42(40,41)24-7-5-6-20(18-24)25-13-12-23-19-32-27(34-38(23)25)33-22-10-8-21(9-11-22)29(30,31)26(39)37-16-14-36(4)15-17-37/h5-13,18-19,35H,14-17H2,1-4H3,(H,33,34). The Morgan fingerprint density at radius 1 is 0.952 bits per heavy atom. The lowest BCUT2D eigenvalue weighted by Crippen LogP contribution is -2.51. The Morgan fingerprint density at radius 3 is 2.31 bits per heavy atom. The summed E-state index contributed by atoms with van der Waals surface area (Å²) in [5.74, 6) is -4.64. The Hall–Kier alpha value is -3.94. The Bertz CT molecular complexity index is 1710. The second-order valence-corrected chi connectivity index (χ2v) is 13.1. The summed E-state index contributed by atoms with van der Waals surface area (Å²) in [4.78, 5) is 20.2. The second-order valence-electron chi connectivity index (χ2n) is 11.4. The minimum absolute atomic E-state index is 0.125. The minimum atomic E-state index is -3.75. The number of alkyl halides is 2. The number of sulfonamides is 1. The number of carbonyl (C=O) groups is 1. The third-order valence-corrected chi connectivity index (χ3v) is 8.60. The summed E-state index contributed by atoms with van der Waals surface area (Å²) in [6, 6.07) is 15.5. The summed E-state index contributed by atoms with van der Waals surface area (Å²) in [5.41, 5.74) is 1.37. The van der Waals surface area contributed by atoms with Crippen molar-refractivity contribution >= 4 is 33.1 Å². The molecule has 0 bridgehead atoms. The van der Waals surface area contributed by atoms with E-state index in [9.17, 15) is 13.2 Å². The van der Waals surface area contributed by atoms with E-state index in [1.54, 1.807) is 49.7 Å². The Kier molecular flexibility index (Phi) is 7.77. The summed E-state index contributed by atoms with van der Waals surface area (Å²) in [7, 11) is -1.86. The third kappa shape index (κ3) is 6.27. The number of halogens is 2. The van der Waals surface area contributed by atoms with Crippen LogP contribution in [0.4, 0.5) is 20.4 Å². The van der Waals surface area contributed by atoms with E-state index in [-0.39, 0.29) is 23.9 Å². The molecule has 2 aromatic carbocycles. The molecule has 10 nitrogen and oxygen atoms in total. The van der Waals surface area contributed by atoms with Gasteiger partial charge in [-0.3, -0.25) is 4.79 Å². The van der Waals surface area contributed by atoms with Gasteiger partial charge in [0, 0.05) is 48.5 Å². The van der Waals surface area contributed by atoms with Gasteiger partial charge in [0.2, 0.25) is 16.0 Å². The zero-order valence-electron chi connectivity index (χ0n) is 23.8. The van der Waals surface area contributed by atoms with E-state index >= 15 is 8.78 Å². The summed E-state index contributed by atoms with van der Waals surface area (Å²) in [6.07, 6.45) is 1.60. The molecule has 5 rings (SSSR count). The summed E-state index contributed by atoms with van der Waals surface area (Å²) in [5, 5.41) is 7.55. The fourth-order valence-electron chi connectivity index (χ4n) is 4.69. The fourth-order valence-corrected chi connectivity index (χ4v) is 6.15. The first-order chi connectivity index (χ1) is 19.7. The molecule has 1 amide bonds. The Balaban J connectivity index is 1.36. The zero-order chi connectivity index (χ0) is 30.3. The van der Waals surface area contributed by atoms with Gasteiger partial charge in [0.15, 0.2) is 0 Å². The van der Waals surface area contributed by atoms with Gasteiger partial charge in [0.25, 0.3) is 5.91 Å². The molecule has 2 N–H and O–H groups in total. The van der Waals surface area contributed by atoms with E-state index in [0.717, 1.165) is 0 Å². The van der Waals surface area contributed by atoms with Gasteiger partial charge in [0.05, 0.1) is 22.3 Å². The normalized spacial score (nSPS) is 15.2. The maximum Gasteiger partial charge on any atom is 0.349 e. The fraction of sp³-hybridized carbons (Fsp3) is 0.345. The highest BCUT2D eigenvalue weighted by molar-refractivity contribution is 7.89. The number of likely N-dealkylation sites (N-methyl/N-ethyl adjacent to an activating group) is 1. The molecule has 2 aromatic heterocycles. The molecule has 1 fully saturated rings. The number of fused-ring (bicyclic) bond motifs is 1. The molecular formula is C29H33F2N7O3S. The van der Waals surface area contributed by atoms with Crippen molar-refractivity contribution < 1.29 is 22.0 Å². The van der Waals surface area contributed by atoms with Crippen LogP contribution < -0.4 is 10.0 Å². The molecule has 42 heavy (non-hydrogen) atoms. The van der Waals surface area contributed by atoms with Gasteiger partial charge in [-0.15, -0.1) is 5.10 Å². The van der Waals surface area contributed by atoms with Gasteiger partial charge in [-0.05, 0) is 64.2 Å². The number of rotatable bonds is 7. The quantitative estimate of drug-likeness (QED) is 0.330. The van der Waals surface area contributed by atoms with Crippen LogP contribution in [-0.4, -0.2) is 77.5 Å². The average Bonchev–Trinajstić information content (AvgIpc) is 3.35. The van der Waals surface area contributed by atoms with E-state index in [1.807, 2.05) is 24.1 Å². The average molecular weight is 598 g/mol. The molecule has 1 aliphatic heterocycles. The number of hydrogen-bond donors (Lipinski definition) is 2. The van der Waals surface area contributed by atoms with Crippen molar-refractivity contribution in [2.75, 3.05) is 38.5 Å². The maximum atomic E-state index is 15.0. The largest absolute Gasteiger partial charge is 0.349 e. The van der Waals surface area contributed by atoms with E-state index in [4.69, 9.17) is 0 Å². The number of nitrogens with zero attached hydrogens (tertiary/aromatic N) is 5. The van der Waals surface area contributed by atoms with E-state index in [1.165, 1.54) is 35.2 Å². The smallest absolute Gasteiger partial charge is 0.335 e. The third-order valence-electron chi connectivity index (χ3n) is 6.84. The van der Waals surface area contributed by atoms with Gasteiger partial charge < -0.3 is 15.1 Å². The van der Waals surface area contributed by atoms with E-state index in [0.29, 0.717) is 35.6 Å². The first-order valence-corrected chi connectivity index (χ1v) is 14.9. The number of carbonyl (C=O) groups excluding carboxylic acids is 1. The van der Waals surface area contributed by atoms with Crippen molar-refractivity contribution in [3.8, 4) is 11.3 Å². The van der Waals surface area contributed by atoms with Crippen LogP contribution >= 0.6 is 0 Å². The zero-order valence-corrected chi connectivity index (χ0v) is 24.6. The molecule has 1 aliphatic rings. The predicted octanol–water partition coefficient (Wildman–Crippen LogP) is 4.08. The molecule has 13 heteroatoms.